The second kappa shape index (κ2) is 7.01. The Morgan fingerprint density at radius 3 is 2.74 bits per heavy atom. The first-order valence-corrected chi connectivity index (χ1v) is 7.43. The van der Waals surface area contributed by atoms with Crippen LogP contribution >= 0.6 is 0 Å². The summed E-state index contributed by atoms with van der Waals surface area (Å²) in [6, 6.07) is 7.96. The molecule has 0 saturated carbocycles. The third-order valence-corrected chi connectivity index (χ3v) is 4.21. The van der Waals surface area contributed by atoms with E-state index < -0.39 is 0 Å². The van der Waals surface area contributed by atoms with Crippen LogP contribution in [0, 0.1) is 5.82 Å². The molecule has 2 rings (SSSR count). The van der Waals surface area contributed by atoms with Gasteiger partial charge in [0.05, 0.1) is 0 Å². The van der Waals surface area contributed by atoms with E-state index >= 15 is 0 Å². The summed E-state index contributed by atoms with van der Waals surface area (Å²) in [6.07, 6.45) is 3.57. The quantitative estimate of drug-likeness (QED) is 0.900. The summed E-state index contributed by atoms with van der Waals surface area (Å²) in [6.45, 7) is 7.80. The number of rotatable bonds is 3. The number of hydrogen-bond donors (Lipinski definition) is 1. The fraction of sp³-hybridized carbons (Fsp3) is 0.625. The first kappa shape index (κ1) is 14.5. The number of nitrogens with one attached hydrogen (secondary N) is 1. The maximum Gasteiger partial charge on any atom is 0.123 e. The molecule has 1 N–H and O–H groups in total. The zero-order valence-electron chi connectivity index (χ0n) is 12.0. The summed E-state index contributed by atoms with van der Waals surface area (Å²) in [7, 11) is 0. The van der Waals surface area contributed by atoms with Gasteiger partial charge in [-0.1, -0.05) is 19.1 Å². The predicted octanol–water partition coefficient (Wildman–Crippen LogP) is 3.35. The van der Waals surface area contributed by atoms with Gasteiger partial charge in [-0.2, -0.15) is 0 Å². The number of hydrogen-bond acceptors (Lipinski definition) is 2. The van der Waals surface area contributed by atoms with Crippen LogP contribution in [0.1, 0.15) is 44.7 Å². The maximum absolute atomic E-state index is 13.0. The van der Waals surface area contributed by atoms with E-state index in [1.807, 2.05) is 12.1 Å². The highest BCUT2D eigenvalue weighted by molar-refractivity contribution is 5.19. The fourth-order valence-corrected chi connectivity index (χ4v) is 2.81. The molecule has 2 unspecified atom stereocenters. The predicted molar refractivity (Wildman–Crippen MR) is 77.7 cm³/mol. The average molecular weight is 264 g/mol. The molecule has 19 heavy (non-hydrogen) atoms. The molecule has 0 aliphatic carbocycles. The third kappa shape index (κ3) is 4.02. The minimum absolute atomic E-state index is 0.154. The van der Waals surface area contributed by atoms with Gasteiger partial charge in [-0.3, -0.25) is 4.90 Å². The van der Waals surface area contributed by atoms with E-state index in [0.29, 0.717) is 12.1 Å². The highest BCUT2D eigenvalue weighted by Crippen LogP contribution is 2.22. The lowest BCUT2D eigenvalue weighted by molar-refractivity contribution is 0.181. The Bertz CT molecular complexity index is 377. The van der Waals surface area contributed by atoms with E-state index in [1.54, 1.807) is 12.1 Å². The molecule has 0 aromatic heterocycles. The Balaban J connectivity index is 2.00. The molecule has 1 heterocycles. The largest absolute Gasteiger partial charge is 0.314 e. The van der Waals surface area contributed by atoms with Crippen LogP contribution in [0.25, 0.3) is 0 Å². The number of benzene rings is 1. The van der Waals surface area contributed by atoms with Crippen molar-refractivity contribution in [1.29, 1.82) is 0 Å². The van der Waals surface area contributed by atoms with Gasteiger partial charge in [0.15, 0.2) is 0 Å². The van der Waals surface area contributed by atoms with Crippen molar-refractivity contribution in [3.05, 3.63) is 35.6 Å². The van der Waals surface area contributed by atoms with Gasteiger partial charge < -0.3 is 5.32 Å². The van der Waals surface area contributed by atoms with E-state index in [-0.39, 0.29) is 5.82 Å². The molecule has 3 heteroatoms. The Kier molecular flexibility index (Phi) is 5.34. The lowest BCUT2D eigenvalue weighted by Crippen LogP contribution is -2.40. The van der Waals surface area contributed by atoms with Crippen LogP contribution in [-0.2, 0) is 0 Å². The van der Waals surface area contributed by atoms with Gasteiger partial charge >= 0.3 is 0 Å². The van der Waals surface area contributed by atoms with Crippen molar-refractivity contribution in [2.24, 2.45) is 0 Å². The second-order valence-electron chi connectivity index (χ2n) is 5.47. The van der Waals surface area contributed by atoms with E-state index in [2.05, 4.69) is 24.1 Å². The summed E-state index contributed by atoms with van der Waals surface area (Å²) in [5.74, 6) is -0.154. The molecule has 0 bridgehead atoms. The van der Waals surface area contributed by atoms with Crippen LogP contribution in [0.2, 0.25) is 0 Å². The van der Waals surface area contributed by atoms with E-state index in [1.165, 1.54) is 24.8 Å². The smallest absolute Gasteiger partial charge is 0.123 e. The van der Waals surface area contributed by atoms with Crippen LogP contribution in [0.5, 0.6) is 0 Å². The lowest BCUT2D eigenvalue weighted by atomic mass is 10.0. The molecule has 1 aliphatic rings. The Morgan fingerprint density at radius 2 is 2.05 bits per heavy atom. The molecule has 106 valence electrons. The molecule has 0 radical (unpaired) electrons. The summed E-state index contributed by atoms with van der Waals surface area (Å²) in [5.41, 5.74) is 1.21. The summed E-state index contributed by atoms with van der Waals surface area (Å²) in [5, 5.41) is 3.60. The van der Waals surface area contributed by atoms with Gasteiger partial charge in [-0.15, -0.1) is 0 Å². The SMILES string of the molecule is CCC1CCN(C(C)c2ccc(F)cc2)CCCN1. The highest BCUT2D eigenvalue weighted by atomic mass is 19.1. The van der Waals surface area contributed by atoms with Gasteiger partial charge in [0, 0.05) is 18.6 Å². The molecule has 0 amide bonds. The van der Waals surface area contributed by atoms with Crippen molar-refractivity contribution < 1.29 is 4.39 Å². The molecular weight excluding hydrogens is 239 g/mol. The van der Waals surface area contributed by atoms with Crippen molar-refractivity contribution in [2.45, 2.75) is 45.2 Å². The van der Waals surface area contributed by atoms with Crippen LogP contribution in [0.15, 0.2) is 24.3 Å². The Labute approximate surface area is 116 Å². The van der Waals surface area contributed by atoms with Gasteiger partial charge in [0.2, 0.25) is 0 Å². The standard InChI is InChI=1S/C16H25FN2/c1-3-16-9-12-19(11-4-10-18-16)13(2)14-5-7-15(17)8-6-14/h5-8,13,16,18H,3-4,9-12H2,1-2H3. The lowest BCUT2D eigenvalue weighted by Gasteiger charge is -2.33. The van der Waals surface area contributed by atoms with Gasteiger partial charge in [0.25, 0.3) is 0 Å². The van der Waals surface area contributed by atoms with E-state index in [0.717, 1.165) is 19.6 Å². The van der Waals surface area contributed by atoms with Crippen LogP contribution in [0.3, 0.4) is 0 Å². The molecule has 1 aromatic rings. The molecule has 2 atom stereocenters. The van der Waals surface area contributed by atoms with Crippen LogP contribution < -0.4 is 5.32 Å². The van der Waals surface area contributed by atoms with Crippen LogP contribution in [0.4, 0.5) is 4.39 Å². The molecule has 1 saturated heterocycles. The third-order valence-electron chi connectivity index (χ3n) is 4.21. The van der Waals surface area contributed by atoms with Crippen LogP contribution in [-0.4, -0.2) is 30.6 Å². The van der Waals surface area contributed by atoms with Crippen molar-refractivity contribution in [3.8, 4) is 0 Å². The molecule has 1 fully saturated rings. The first-order valence-electron chi connectivity index (χ1n) is 7.43. The topological polar surface area (TPSA) is 15.3 Å². The van der Waals surface area contributed by atoms with Crippen molar-refractivity contribution in [2.75, 3.05) is 19.6 Å². The second-order valence-corrected chi connectivity index (χ2v) is 5.47. The monoisotopic (exact) mass is 264 g/mol. The number of halogens is 1. The van der Waals surface area contributed by atoms with Gasteiger partial charge in [-0.05, 0) is 57.0 Å². The summed E-state index contributed by atoms with van der Waals surface area (Å²) in [4.78, 5) is 2.52. The summed E-state index contributed by atoms with van der Waals surface area (Å²) < 4.78 is 13.0. The van der Waals surface area contributed by atoms with Crippen molar-refractivity contribution in [1.82, 2.24) is 10.2 Å². The molecule has 0 spiro atoms. The van der Waals surface area contributed by atoms with Crippen molar-refractivity contribution >= 4 is 0 Å². The fourth-order valence-electron chi connectivity index (χ4n) is 2.81. The van der Waals surface area contributed by atoms with Crippen molar-refractivity contribution in [3.63, 3.8) is 0 Å². The zero-order chi connectivity index (χ0) is 13.7. The zero-order valence-corrected chi connectivity index (χ0v) is 12.0. The van der Waals surface area contributed by atoms with Gasteiger partial charge in [0.1, 0.15) is 5.82 Å². The van der Waals surface area contributed by atoms with E-state index in [9.17, 15) is 4.39 Å². The first-order chi connectivity index (χ1) is 9.20. The molecular formula is C16H25FN2. The van der Waals surface area contributed by atoms with E-state index in [4.69, 9.17) is 0 Å². The summed E-state index contributed by atoms with van der Waals surface area (Å²) >= 11 is 0. The molecule has 1 aliphatic heterocycles. The van der Waals surface area contributed by atoms with Gasteiger partial charge in [-0.25, -0.2) is 4.39 Å². The average Bonchev–Trinajstić information content (AvgIpc) is 2.39. The number of nitrogens with zero attached hydrogens (tertiary/aromatic N) is 1. The Morgan fingerprint density at radius 1 is 1.32 bits per heavy atom. The normalized spacial score (nSPS) is 23.6. The minimum Gasteiger partial charge on any atom is -0.314 e. The maximum atomic E-state index is 13.0. The minimum atomic E-state index is -0.154. The Hall–Kier alpha value is -0.930. The highest BCUT2D eigenvalue weighted by Gasteiger charge is 2.19. The molecule has 1 aromatic carbocycles. The molecule has 2 nitrogen and oxygen atoms in total.